The number of imide groups is 1. The summed E-state index contributed by atoms with van der Waals surface area (Å²) in [6.07, 6.45) is 0. The lowest BCUT2D eigenvalue weighted by Crippen LogP contribution is -2.41. The van der Waals surface area contributed by atoms with E-state index in [-0.39, 0.29) is 12.5 Å². The van der Waals surface area contributed by atoms with Gasteiger partial charge in [-0.25, -0.2) is 4.79 Å². The highest BCUT2D eigenvalue weighted by atomic mass is 32.1. The predicted molar refractivity (Wildman–Crippen MR) is 112 cm³/mol. The number of rotatable bonds is 7. The smallest absolute Gasteiger partial charge is 0.325 e. The Kier molecular flexibility index (Phi) is 6.64. The number of nitrogens with one attached hydrogen (secondary N) is 2. The number of carbonyl (C=O) groups excluding carboxylic acids is 2. The molecule has 0 saturated heterocycles. The molecule has 0 aliphatic rings. The van der Waals surface area contributed by atoms with Crippen LogP contribution in [-0.4, -0.2) is 25.6 Å². The minimum absolute atomic E-state index is 0.0481. The van der Waals surface area contributed by atoms with Gasteiger partial charge in [0.25, 0.3) is 0 Å². The van der Waals surface area contributed by atoms with Gasteiger partial charge >= 0.3 is 6.03 Å². The van der Waals surface area contributed by atoms with Crippen molar-refractivity contribution in [3.63, 3.8) is 0 Å². The third kappa shape index (κ3) is 5.59. The van der Waals surface area contributed by atoms with E-state index in [4.69, 9.17) is 4.74 Å². The fraction of sp³-hybridized carbons (Fsp3) is 0.143. The van der Waals surface area contributed by atoms with Crippen LogP contribution in [0.4, 0.5) is 16.2 Å². The Hall–Kier alpha value is -3.32. The van der Waals surface area contributed by atoms with Crippen LogP contribution >= 0.6 is 11.3 Å². The van der Waals surface area contributed by atoms with Crippen LogP contribution in [0.15, 0.2) is 72.1 Å². The Balaban J connectivity index is 1.65. The molecule has 0 aliphatic carbocycles. The summed E-state index contributed by atoms with van der Waals surface area (Å²) in [5, 5.41) is 7.02. The number of anilines is 2. The van der Waals surface area contributed by atoms with Gasteiger partial charge in [-0.15, -0.1) is 11.3 Å². The van der Waals surface area contributed by atoms with Crippen molar-refractivity contribution in [1.29, 1.82) is 0 Å². The lowest BCUT2D eigenvalue weighted by molar-refractivity contribution is -0.118. The summed E-state index contributed by atoms with van der Waals surface area (Å²) in [7, 11) is 1.61. The van der Waals surface area contributed by atoms with E-state index in [9.17, 15) is 9.59 Å². The molecule has 2 aromatic carbocycles. The van der Waals surface area contributed by atoms with Gasteiger partial charge in [0.05, 0.1) is 20.2 Å². The molecule has 3 amide bonds. The van der Waals surface area contributed by atoms with Gasteiger partial charge in [0.2, 0.25) is 5.91 Å². The van der Waals surface area contributed by atoms with Crippen molar-refractivity contribution in [2.24, 2.45) is 0 Å². The zero-order valence-corrected chi connectivity index (χ0v) is 16.2. The molecule has 144 valence electrons. The monoisotopic (exact) mass is 395 g/mol. The Morgan fingerprint density at radius 3 is 2.39 bits per heavy atom. The fourth-order valence-corrected chi connectivity index (χ4v) is 3.36. The van der Waals surface area contributed by atoms with Crippen LogP contribution in [0.3, 0.4) is 0 Å². The molecule has 0 saturated carbocycles. The van der Waals surface area contributed by atoms with Crippen molar-refractivity contribution < 1.29 is 14.3 Å². The van der Waals surface area contributed by atoms with Crippen LogP contribution in [0.2, 0.25) is 0 Å². The largest absolute Gasteiger partial charge is 0.497 e. The first-order chi connectivity index (χ1) is 13.6. The maximum atomic E-state index is 12.4. The van der Waals surface area contributed by atoms with Crippen molar-refractivity contribution in [2.45, 2.75) is 6.54 Å². The quantitative estimate of drug-likeness (QED) is 0.632. The van der Waals surface area contributed by atoms with Gasteiger partial charge in [-0.3, -0.25) is 10.1 Å². The summed E-state index contributed by atoms with van der Waals surface area (Å²) in [4.78, 5) is 27.5. The van der Waals surface area contributed by atoms with Gasteiger partial charge in [0, 0.05) is 16.3 Å². The molecule has 3 aromatic rings. The molecule has 6 nitrogen and oxygen atoms in total. The van der Waals surface area contributed by atoms with E-state index >= 15 is 0 Å². The van der Waals surface area contributed by atoms with Crippen molar-refractivity contribution in [1.82, 2.24) is 5.32 Å². The van der Waals surface area contributed by atoms with Gasteiger partial charge in [0.1, 0.15) is 5.75 Å². The number of thiophene rings is 1. The number of hydrogen-bond acceptors (Lipinski definition) is 5. The summed E-state index contributed by atoms with van der Waals surface area (Å²) in [6, 6.07) is 19.9. The zero-order chi connectivity index (χ0) is 19.8. The van der Waals surface area contributed by atoms with E-state index in [1.54, 1.807) is 30.6 Å². The topological polar surface area (TPSA) is 70.7 Å². The number of urea groups is 1. The summed E-state index contributed by atoms with van der Waals surface area (Å²) in [5.74, 6) is 0.354. The van der Waals surface area contributed by atoms with Crippen LogP contribution < -0.4 is 20.3 Å². The zero-order valence-electron chi connectivity index (χ0n) is 15.4. The summed E-state index contributed by atoms with van der Waals surface area (Å²) in [6.45, 7) is 0.615. The van der Waals surface area contributed by atoms with Crippen molar-refractivity contribution in [2.75, 3.05) is 23.9 Å². The molecule has 0 radical (unpaired) electrons. The van der Waals surface area contributed by atoms with Crippen molar-refractivity contribution >= 4 is 34.6 Å². The number of amides is 3. The average Bonchev–Trinajstić information content (AvgIpc) is 3.21. The molecule has 3 rings (SSSR count). The summed E-state index contributed by atoms with van der Waals surface area (Å²) < 4.78 is 5.20. The van der Waals surface area contributed by atoms with E-state index in [1.807, 2.05) is 64.9 Å². The first kappa shape index (κ1) is 19.4. The maximum absolute atomic E-state index is 12.4. The molecular weight excluding hydrogens is 374 g/mol. The second-order valence-corrected chi connectivity index (χ2v) is 7.03. The molecule has 0 unspecified atom stereocenters. The SMILES string of the molecule is COc1ccc(N(CC(=O)NC(=O)Nc2ccccc2)Cc2cccs2)cc1. The van der Waals surface area contributed by atoms with Crippen LogP contribution in [0, 0.1) is 0 Å². The molecule has 2 N–H and O–H groups in total. The lowest BCUT2D eigenvalue weighted by atomic mass is 10.2. The molecule has 1 heterocycles. The number of benzene rings is 2. The van der Waals surface area contributed by atoms with Gasteiger partial charge in [0.15, 0.2) is 0 Å². The third-order valence-electron chi connectivity index (χ3n) is 3.98. The summed E-state index contributed by atoms with van der Waals surface area (Å²) in [5.41, 5.74) is 1.49. The molecule has 28 heavy (non-hydrogen) atoms. The number of methoxy groups -OCH3 is 1. The molecule has 0 fully saturated rings. The highest BCUT2D eigenvalue weighted by molar-refractivity contribution is 7.09. The third-order valence-corrected chi connectivity index (χ3v) is 4.84. The second kappa shape index (κ2) is 9.57. The Bertz CT molecular complexity index is 896. The fourth-order valence-electron chi connectivity index (χ4n) is 2.65. The number of nitrogens with zero attached hydrogens (tertiary/aromatic N) is 1. The molecule has 0 aliphatic heterocycles. The number of para-hydroxylation sites is 1. The number of hydrogen-bond donors (Lipinski definition) is 2. The van der Waals surface area contributed by atoms with Gasteiger partial charge in [-0.1, -0.05) is 24.3 Å². The Labute approximate surface area is 167 Å². The second-order valence-electron chi connectivity index (χ2n) is 6.00. The molecule has 0 bridgehead atoms. The highest BCUT2D eigenvalue weighted by Crippen LogP contribution is 2.22. The first-order valence-electron chi connectivity index (χ1n) is 8.71. The van der Waals surface area contributed by atoms with E-state index in [0.29, 0.717) is 12.2 Å². The average molecular weight is 395 g/mol. The van der Waals surface area contributed by atoms with E-state index in [2.05, 4.69) is 10.6 Å². The standard InChI is InChI=1S/C21H21N3O3S/c1-27-18-11-9-17(10-12-18)24(14-19-8-5-13-28-19)15-20(25)23-21(26)22-16-6-3-2-4-7-16/h2-13H,14-15H2,1H3,(H2,22,23,25,26). The molecule has 0 atom stereocenters. The first-order valence-corrected chi connectivity index (χ1v) is 9.59. The molecule has 7 heteroatoms. The van der Waals surface area contributed by atoms with Crippen LogP contribution in [-0.2, 0) is 11.3 Å². The van der Waals surface area contributed by atoms with Crippen LogP contribution in [0.25, 0.3) is 0 Å². The lowest BCUT2D eigenvalue weighted by Gasteiger charge is -2.24. The molecular formula is C21H21N3O3S. The van der Waals surface area contributed by atoms with E-state index < -0.39 is 6.03 Å². The minimum atomic E-state index is -0.554. The molecule has 0 spiro atoms. The normalized spacial score (nSPS) is 10.2. The van der Waals surface area contributed by atoms with Gasteiger partial charge in [-0.2, -0.15) is 0 Å². The van der Waals surface area contributed by atoms with Crippen molar-refractivity contribution in [3.8, 4) is 5.75 Å². The molecule has 1 aromatic heterocycles. The highest BCUT2D eigenvalue weighted by Gasteiger charge is 2.15. The number of carbonyl (C=O) groups is 2. The Morgan fingerprint density at radius 1 is 1.00 bits per heavy atom. The van der Waals surface area contributed by atoms with E-state index in [1.165, 1.54) is 0 Å². The Morgan fingerprint density at radius 2 is 1.75 bits per heavy atom. The minimum Gasteiger partial charge on any atom is -0.497 e. The number of ether oxygens (including phenoxy) is 1. The maximum Gasteiger partial charge on any atom is 0.325 e. The van der Waals surface area contributed by atoms with Crippen molar-refractivity contribution in [3.05, 3.63) is 77.0 Å². The van der Waals surface area contributed by atoms with Crippen LogP contribution in [0.1, 0.15) is 4.88 Å². The van der Waals surface area contributed by atoms with E-state index in [0.717, 1.165) is 16.3 Å². The van der Waals surface area contributed by atoms with Gasteiger partial charge in [-0.05, 0) is 47.8 Å². The predicted octanol–water partition coefficient (Wildman–Crippen LogP) is 4.11. The van der Waals surface area contributed by atoms with Gasteiger partial charge < -0.3 is 15.0 Å². The summed E-state index contributed by atoms with van der Waals surface area (Å²) >= 11 is 1.62. The van der Waals surface area contributed by atoms with Crippen LogP contribution in [0.5, 0.6) is 5.75 Å².